The fourth-order valence-electron chi connectivity index (χ4n) is 1.14. The number of benzene rings is 1. The van der Waals surface area contributed by atoms with Crippen LogP contribution >= 0.6 is 23.2 Å². The van der Waals surface area contributed by atoms with Crippen molar-refractivity contribution in [2.75, 3.05) is 0 Å². The van der Waals surface area contributed by atoms with E-state index in [-0.39, 0.29) is 33.4 Å². The lowest BCUT2D eigenvalue weighted by Gasteiger charge is -2.05. The van der Waals surface area contributed by atoms with Crippen LogP contribution in [0.15, 0.2) is 12.1 Å². The van der Waals surface area contributed by atoms with Crippen LogP contribution in [0.4, 0.5) is 0 Å². The molecule has 0 amide bonds. The topological polar surface area (TPSA) is 54.4 Å². The Labute approximate surface area is 96.6 Å². The number of hydrogen-bond donors (Lipinski definition) is 1. The summed E-state index contributed by atoms with van der Waals surface area (Å²) in [5.41, 5.74) is -0.0179. The quantitative estimate of drug-likeness (QED) is 0.833. The molecule has 1 aromatic carbocycles. The molecule has 0 fully saturated rings. The van der Waals surface area contributed by atoms with Crippen molar-refractivity contribution in [3.05, 3.63) is 33.3 Å². The molecule has 0 bridgehead atoms. The number of carbonyl (C=O) groups is 2. The molecule has 0 heterocycles. The van der Waals surface area contributed by atoms with Gasteiger partial charge in [-0.2, -0.15) is 0 Å². The van der Waals surface area contributed by atoms with E-state index in [1.165, 1.54) is 12.1 Å². The van der Waals surface area contributed by atoms with Crippen LogP contribution in [0.2, 0.25) is 10.0 Å². The zero-order valence-corrected chi connectivity index (χ0v) is 9.39. The summed E-state index contributed by atoms with van der Waals surface area (Å²) in [7, 11) is 0. The van der Waals surface area contributed by atoms with Crippen LogP contribution < -0.4 is 0 Å². The van der Waals surface area contributed by atoms with Crippen LogP contribution in [-0.4, -0.2) is 16.9 Å². The number of carboxylic acid groups (broad SMARTS) is 1. The monoisotopic (exact) mass is 246 g/mol. The van der Waals surface area contributed by atoms with Gasteiger partial charge in [-0.1, -0.05) is 30.1 Å². The molecule has 0 atom stereocenters. The minimum Gasteiger partial charge on any atom is -0.478 e. The average Bonchev–Trinajstić information content (AvgIpc) is 2.20. The Morgan fingerprint density at radius 1 is 1.20 bits per heavy atom. The Bertz CT molecular complexity index is 427. The lowest BCUT2D eigenvalue weighted by atomic mass is 10.0. The standard InChI is InChI=1S/C10H8Cl2O3/c1-2-9(13)5-3-7(11)8(12)4-6(5)10(14)15/h3-4H,2H2,1H3,(H,14,15). The van der Waals surface area contributed by atoms with E-state index in [9.17, 15) is 9.59 Å². The van der Waals surface area contributed by atoms with Gasteiger partial charge in [0.2, 0.25) is 0 Å². The molecule has 5 heteroatoms. The smallest absolute Gasteiger partial charge is 0.336 e. The van der Waals surface area contributed by atoms with Crippen molar-refractivity contribution in [1.82, 2.24) is 0 Å². The third-order valence-corrected chi connectivity index (χ3v) is 2.63. The van der Waals surface area contributed by atoms with Gasteiger partial charge < -0.3 is 5.11 Å². The summed E-state index contributed by atoms with van der Waals surface area (Å²) in [5, 5.41) is 9.18. The number of Topliss-reactive ketones (excluding diaryl/α,β-unsaturated/α-hetero) is 1. The molecule has 80 valence electrons. The predicted molar refractivity (Wildman–Crippen MR) is 58.0 cm³/mol. The van der Waals surface area contributed by atoms with Crippen LogP contribution in [0, 0.1) is 0 Å². The lowest BCUT2D eigenvalue weighted by Crippen LogP contribution is -2.08. The molecule has 0 aromatic heterocycles. The van der Waals surface area contributed by atoms with Crippen LogP contribution in [0.25, 0.3) is 0 Å². The van der Waals surface area contributed by atoms with E-state index in [1.54, 1.807) is 6.92 Å². The predicted octanol–water partition coefficient (Wildman–Crippen LogP) is 3.28. The van der Waals surface area contributed by atoms with Gasteiger partial charge in [-0.3, -0.25) is 4.79 Å². The van der Waals surface area contributed by atoms with Crippen LogP contribution in [-0.2, 0) is 0 Å². The summed E-state index contributed by atoms with van der Waals surface area (Å²) in [6.45, 7) is 1.65. The Hall–Kier alpha value is -1.06. The Morgan fingerprint density at radius 3 is 2.07 bits per heavy atom. The first-order valence-electron chi connectivity index (χ1n) is 4.23. The third kappa shape index (κ3) is 2.49. The van der Waals surface area contributed by atoms with Gasteiger partial charge in [-0.15, -0.1) is 0 Å². The zero-order valence-electron chi connectivity index (χ0n) is 7.88. The van der Waals surface area contributed by atoms with E-state index < -0.39 is 5.97 Å². The summed E-state index contributed by atoms with van der Waals surface area (Å²) in [5.74, 6) is -1.46. The Kier molecular flexibility index (Phi) is 3.72. The molecular formula is C10H8Cl2O3. The lowest BCUT2D eigenvalue weighted by molar-refractivity contribution is 0.0692. The van der Waals surface area contributed by atoms with Gasteiger partial charge in [-0.25, -0.2) is 4.79 Å². The summed E-state index contributed by atoms with van der Waals surface area (Å²) < 4.78 is 0. The molecule has 0 spiro atoms. The summed E-state index contributed by atoms with van der Waals surface area (Å²) in [6, 6.07) is 2.48. The second-order valence-corrected chi connectivity index (χ2v) is 3.71. The first kappa shape index (κ1) is 12.0. The molecule has 0 unspecified atom stereocenters. The minimum atomic E-state index is -1.19. The number of carbonyl (C=O) groups excluding carboxylic acids is 1. The van der Waals surface area contributed by atoms with Crippen LogP contribution in [0.5, 0.6) is 0 Å². The van der Waals surface area contributed by atoms with Crippen molar-refractivity contribution >= 4 is 35.0 Å². The minimum absolute atomic E-state index is 0.0967. The maximum atomic E-state index is 11.4. The van der Waals surface area contributed by atoms with Gasteiger partial charge in [0, 0.05) is 12.0 Å². The Morgan fingerprint density at radius 2 is 1.67 bits per heavy atom. The summed E-state index contributed by atoms with van der Waals surface area (Å²) >= 11 is 11.4. The second kappa shape index (κ2) is 4.64. The highest BCUT2D eigenvalue weighted by Crippen LogP contribution is 2.26. The van der Waals surface area contributed by atoms with E-state index in [0.29, 0.717) is 0 Å². The molecule has 0 saturated carbocycles. The number of ketones is 1. The zero-order chi connectivity index (χ0) is 11.6. The average molecular weight is 247 g/mol. The van der Waals surface area contributed by atoms with E-state index in [1.807, 2.05) is 0 Å². The molecule has 0 saturated heterocycles. The normalized spacial score (nSPS) is 10.1. The van der Waals surface area contributed by atoms with Gasteiger partial charge in [0.15, 0.2) is 5.78 Å². The second-order valence-electron chi connectivity index (χ2n) is 2.89. The number of aromatic carboxylic acids is 1. The highest BCUT2D eigenvalue weighted by molar-refractivity contribution is 6.42. The fourth-order valence-corrected chi connectivity index (χ4v) is 1.47. The van der Waals surface area contributed by atoms with Gasteiger partial charge in [0.05, 0.1) is 15.6 Å². The van der Waals surface area contributed by atoms with Gasteiger partial charge in [-0.05, 0) is 12.1 Å². The van der Waals surface area contributed by atoms with E-state index >= 15 is 0 Å². The number of carboxylic acids is 1. The summed E-state index contributed by atoms with van der Waals surface area (Å²) in [4.78, 5) is 22.3. The first-order chi connectivity index (χ1) is 6.97. The van der Waals surface area contributed by atoms with E-state index in [0.717, 1.165) is 0 Å². The van der Waals surface area contributed by atoms with Crippen molar-refractivity contribution in [1.29, 1.82) is 0 Å². The molecule has 0 radical (unpaired) electrons. The van der Waals surface area contributed by atoms with Crippen molar-refractivity contribution in [3.8, 4) is 0 Å². The third-order valence-electron chi connectivity index (χ3n) is 1.91. The maximum Gasteiger partial charge on any atom is 0.336 e. The molecular weight excluding hydrogens is 239 g/mol. The van der Waals surface area contributed by atoms with Gasteiger partial charge >= 0.3 is 5.97 Å². The molecule has 15 heavy (non-hydrogen) atoms. The summed E-state index contributed by atoms with van der Waals surface area (Å²) in [6.07, 6.45) is 0.220. The van der Waals surface area contributed by atoms with E-state index in [4.69, 9.17) is 28.3 Å². The van der Waals surface area contributed by atoms with Crippen molar-refractivity contribution in [3.63, 3.8) is 0 Å². The highest BCUT2D eigenvalue weighted by Gasteiger charge is 2.17. The largest absolute Gasteiger partial charge is 0.478 e. The molecule has 0 aliphatic rings. The number of hydrogen-bond acceptors (Lipinski definition) is 2. The SMILES string of the molecule is CCC(=O)c1cc(Cl)c(Cl)cc1C(=O)O. The number of rotatable bonds is 3. The van der Waals surface area contributed by atoms with Crippen molar-refractivity contribution in [2.45, 2.75) is 13.3 Å². The Balaban J connectivity index is 3.41. The van der Waals surface area contributed by atoms with Crippen LogP contribution in [0.3, 0.4) is 0 Å². The molecule has 1 N–H and O–H groups in total. The molecule has 0 aliphatic carbocycles. The highest BCUT2D eigenvalue weighted by atomic mass is 35.5. The molecule has 1 rings (SSSR count). The maximum absolute atomic E-state index is 11.4. The van der Waals surface area contributed by atoms with Gasteiger partial charge in [0.1, 0.15) is 0 Å². The molecule has 0 aliphatic heterocycles. The van der Waals surface area contributed by atoms with Crippen LogP contribution in [0.1, 0.15) is 34.1 Å². The molecule has 3 nitrogen and oxygen atoms in total. The van der Waals surface area contributed by atoms with E-state index in [2.05, 4.69) is 0 Å². The number of halogens is 2. The first-order valence-corrected chi connectivity index (χ1v) is 4.98. The van der Waals surface area contributed by atoms with Crippen molar-refractivity contribution in [2.24, 2.45) is 0 Å². The molecule has 1 aromatic rings. The van der Waals surface area contributed by atoms with Crippen molar-refractivity contribution < 1.29 is 14.7 Å². The van der Waals surface area contributed by atoms with Gasteiger partial charge in [0.25, 0.3) is 0 Å². The fraction of sp³-hybridized carbons (Fsp3) is 0.200.